The van der Waals surface area contributed by atoms with Crippen molar-refractivity contribution in [2.45, 2.75) is 6.42 Å². The Kier molecular flexibility index (Phi) is 7.10. The van der Waals surface area contributed by atoms with E-state index in [4.69, 9.17) is 11.6 Å². The van der Waals surface area contributed by atoms with Crippen molar-refractivity contribution in [3.05, 3.63) is 63.3 Å². The Hall–Kier alpha value is -1.63. The quantitative estimate of drug-likeness (QED) is 0.665. The molecular formula is C20H22BrClFN3O. The van der Waals surface area contributed by atoms with Gasteiger partial charge in [-0.2, -0.15) is 0 Å². The highest BCUT2D eigenvalue weighted by molar-refractivity contribution is 9.10. The van der Waals surface area contributed by atoms with Crippen LogP contribution < -0.4 is 10.2 Å². The number of amides is 1. The second-order valence-electron chi connectivity index (χ2n) is 6.54. The number of carbonyl (C=O) groups excluding carboxylic acids is 1. The first kappa shape index (κ1) is 20.1. The van der Waals surface area contributed by atoms with Crippen LogP contribution in [-0.4, -0.2) is 50.1 Å². The maximum Gasteiger partial charge on any atom is 0.252 e. The van der Waals surface area contributed by atoms with Crippen LogP contribution in [0.3, 0.4) is 0 Å². The molecule has 1 aliphatic rings. The average Bonchev–Trinajstić information content (AvgIpc) is 2.68. The summed E-state index contributed by atoms with van der Waals surface area (Å²) in [6.45, 7) is 5.31. The van der Waals surface area contributed by atoms with Crippen LogP contribution in [0.4, 0.5) is 10.1 Å². The van der Waals surface area contributed by atoms with Gasteiger partial charge in [-0.3, -0.25) is 9.69 Å². The van der Waals surface area contributed by atoms with Crippen molar-refractivity contribution in [3.8, 4) is 0 Å². The number of piperazine rings is 1. The third kappa shape index (κ3) is 5.67. The molecule has 1 aliphatic heterocycles. The lowest BCUT2D eigenvalue weighted by Crippen LogP contribution is -2.47. The van der Waals surface area contributed by atoms with Crippen LogP contribution in [0, 0.1) is 5.82 Å². The van der Waals surface area contributed by atoms with Crippen molar-refractivity contribution in [1.29, 1.82) is 0 Å². The van der Waals surface area contributed by atoms with Gasteiger partial charge in [0.05, 0.1) is 10.6 Å². The first-order chi connectivity index (χ1) is 13.0. The summed E-state index contributed by atoms with van der Waals surface area (Å²) in [6, 6.07) is 11.9. The van der Waals surface area contributed by atoms with Crippen LogP contribution in [0.25, 0.3) is 0 Å². The monoisotopic (exact) mass is 453 g/mol. The van der Waals surface area contributed by atoms with Crippen molar-refractivity contribution in [3.63, 3.8) is 0 Å². The number of hydrogen-bond donors (Lipinski definition) is 1. The number of rotatable bonds is 6. The molecule has 7 heteroatoms. The fraction of sp³-hybridized carbons (Fsp3) is 0.350. The predicted octanol–water partition coefficient (Wildman–Crippen LogP) is 4.18. The van der Waals surface area contributed by atoms with E-state index in [2.05, 4.69) is 31.0 Å². The number of halogens is 3. The largest absolute Gasteiger partial charge is 0.369 e. The molecule has 0 saturated carbocycles. The molecule has 1 saturated heterocycles. The lowest BCUT2D eigenvalue weighted by atomic mass is 10.2. The zero-order chi connectivity index (χ0) is 19.2. The standard InChI is InChI=1S/C20H22BrClFN3O/c21-15-2-7-19(22)18(14-15)20(27)24-8-1-9-25-10-12-26(13-11-25)17-5-3-16(23)4-6-17/h2-7,14H,1,8-13H2,(H,24,27). The molecule has 1 N–H and O–H groups in total. The SMILES string of the molecule is O=C(NCCCN1CCN(c2ccc(F)cc2)CC1)c1cc(Br)ccc1Cl. The molecule has 4 nitrogen and oxygen atoms in total. The second kappa shape index (κ2) is 9.53. The van der Waals surface area contributed by atoms with E-state index in [0.29, 0.717) is 17.1 Å². The molecular weight excluding hydrogens is 433 g/mol. The maximum absolute atomic E-state index is 13.0. The number of benzene rings is 2. The van der Waals surface area contributed by atoms with Crippen LogP contribution in [-0.2, 0) is 0 Å². The fourth-order valence-corrected chi connectivity index (χ4v) is 3.72. The van der Waals surface area contributed by atoms with E-state index in [0.717, 1.165) is 49.3 Å². The van der Waals surface area contributed by atoms with Crippen molar-refractivity contribution < 1.29 is 9.18 Å². The minimum Gasteiger partial charge on any atom is -0.369 e. The molecule has 0 spiro atoms. The molecule has 2 aromatic rings. The average molecular weight is 455 g/mol. The van der Waals surface area contributed by atoms with Crippen LogP contribution in [0.2, 0.25) is 5.02 Å². The van der Waals surface area contributed by atoms with Gasteiger partial charge in [-0.1, -0.05) is 27.5 Å². The molecule has 27 heavy (non-hydrogen) atoms. The van der Waals surface area contributed by atoms with Crippen molar-refractivity contribution in [2.24, 2.45) is 0 Å². The zero-order valence-electron chi connectivity index (χ0n) is 14.9. The highest BCUT2D eigenvalue weighted by Crippen LogP contribution is 2.21. The van der Waals surface area contributed by atoms with Gasteiger partial charge in [0.15, 0.2) is 0 Å². The van der Waals surface area contributed by atoms with Gasteiger partial charge in [0, 0.05) is 42.9 Å². The molecule has 1 amide bonds. The van der Waals surface area contributed by atoms with E-state index < -0.39 is 0 Å². The molecule has 0 atom stereocenters. The number of carbonyl (C=O) groups is 1. The topological polar surface area (TPSA) is 35.6 Å². The van der Waals surface area contributed by atoms with Gasteiger partial charge in [-0.05, 0) is 55.4 Å². The lowest BCUT2D eigenvalue weighted by Gasteiger charge is -2.36. The Labute approximate surface area is 172 Å². The summed E-state index contributed by atoms with van der Waals surface area (Å²) in [5, 5.41) is 3.38. The molecule has 0 aromatic heterocycles. The third-order valence-corrected chi connectivity index (χ3v) is 5.50. The minimum absolute atomic E-state index is 0.151. The normalized spacial score (nSPS) is 15.0. The Morgan fingerprint density at radius 2 is 1.81 bits per heavy atom. The summed E-state index contributed by atoms with van der Waals surface area (Å²) in [4.78, 5) is 16.9. The smallest absolute Gasteiger partial charge is 0.252 e. The molecule has 0 radical (unpaired) electrons. The summed E-state index contributed by atoms with van der Waals surface area (Å²) < 4.78 is 13.9. The molecule has 0 aliphatic carbocycles. The van der Waals surface area contributed by atoms with Crippen molar-refractivity contribution in [2.75, 3.05) is 44.2 Å². The van der Waals surface area contributed by atoms with Gasteiger partial charge in [-0.25, -0.2) is 4.39 Å². The third-order valence-electron chi connectivity index (χ3n) is 4.67. The van der Waals surface area contributed by atoms with E-state index in [-0.39, 0.29) is 11.7 Å². The van der Waals surface area contributed by atoms with Crippen LogP contribution in [0.1, 0.15) is 16.8 Å². The molecule has 0 bridgehead atoms. The summed E-state index contributed by atoms with van der Waals surface area (Å²) >= 11 is 9.44. The van der Waals surface area contributed by atoms with Crippen molar-refractivity contribution in [1.82, 2.24) is 10.2 Å². The van der Waals surface area contributed by atoms with E-state index in [9.17, 15) is 9.18 Å². The summed E-state index contributed by atoms with van der Waals surface area (Å²) in [7, 11) is 0. The Morgan fingerprint density at radius 1 is 1.11 bits per heavy atom. The fourth-order valence-electron chi connectivity index (χ4n) is 3.15. The van der Waals surface area contributed by atoms with Gasteiger partial charge >= 0.3 is 0 Å². The van der Waals surface area contributed by atoms with Gasteiger partial charge in [0.1, 0.15) is 5.82 Å². The van der Waals surface area contributed by atoms with E-state index >= 15 is 0 Å². The molecule has 1 heterocycles. The highest BCUT2D eigenvalue weighted by atomic mass is 79.9. The summed E-state index contributed by atoms with van der Waals surface area (Å²) in [6.07, 6.45) is 0.883. The lowest BCUT2D eigenvalue weighted by molar-refractivity contribution is 0.0951. The van der Waals surface area contributed by atoms with Gasteiger partial charge < -0.3 is 10.2 Å². The molecule has 2 aromatic carbocycles. The summed E-state index contributed by atoms with van der Waals surface area (Å²) in [5.41, 5.74) is 1.55. The van der Waals surface area contributed by atoms with Gasteiger partial charge in [-0.15, -0.1) is 0 Å². The number of hydrogen-bond acceptors (Lipinski definition) is 3. The first-order valence-electron chi connectivity index (χ1n) is 8.99. The Morgan fingerprint density at radius 3 is 2.52 bits per heavy atom. The van der Waals surface area contributed by atoms with E-state index in [1.54, 1.807) is 12.1 Å². The number of anilines is 1. The van der Waals surface area contributed by atoms with Crippen LogP contribution in [0.15, 0.2) is 46.9 Å². The van der Waals surface area contributed by atoms with E-state index in [1.165, 1.54) is 12.1 Å². The van der Waals surface area contributed by atoms with Crippen LogP contribution in [0.5, 0.6) is 0 Å². The Balaban J connectivity index is 1.37. The molecule has 0 unspecified atom stereocenters. The number of nitrogens with one attached hydrogen (secondary N) is 1. The highest BCUT2D eigenvalue weighted by Gasteiger charge is 2.17. The van der Waals surface area contributed by atoms with Crippen molar-refractivity contribution >= 4 is 39.1 Å². The molecule has 1 fully saturated rings. The van der Waals surface area contributed by atoms with Gasteiger partial charge in [0.25, 0.3) is 5.91 Å². The number of nitrogens with zero attached hydrogens (tertiary/aromatic N) is 2. The molecule has 3 rings (SSSR count). The maximum atomic E-state index is 13.0. The predicted molar refractivity (Wildman–Crippen MR) is 111 cm³/mol. The first-order valence-corrected chi connectivity index (χ1v) is 10.2. The second-order valence-corrected chi connectivity index (χ2v) is 7.86. The van der Waals surface area contributed by atoms with E-state index in [1.807, 2.05) is 18.2 Å². The zero-order valence-corrected chi connectivity index (χ0v) is 17.3. The Bertz CT molecular complexity index is 779. The van der Waals surface area contributed by atoms with Gasteiger partial charge in [0.2, 0.25) is 0 Å². The summed E-state index contributed by atoms with van der Waals surface area (Å²) in [5.74, 6) is -0.356. The minimum atomic E-state index is -0.205. The van der Waals surface area contributed by atoms with Crippen LogP contribution >= 0.6 is 27.5 Å². The molecule has 144 valence electrons.